The van der Waals surface area contributed by atoms with Gasteiger partial charge in [-0.3, -0.25) is 4.99 Å². The topological polar surface area (TPSA) is 38.4 Å². The zero-order valence-corrected chi connectivity index (χ0v) is 5.06. The average Bonchev–Trinajstić information content (AvgIpc) is 1.69. The number of nitrogens with zero attached hydrogens (tertiary/aromatic N) is 1. The van der Waals surface area contributed by atoms with Gasteiger partial charge in [-0.05, 0) is 0 Å². The summed E-state index contributed by atoms with van der Waals surface area (Å²) in [5.41, 5.74) is 5.10. The van der Waals surface area contributed by atoms with Gasteiger partial charge < -0.3 is 5.73 Å². The summed E-state index contributed by atoms with van der Waals surface area (Å²) in [6.07, 6.45) is 1.69. The van der Waals surface area contributed by atoms with E-state index >= 15 is 0 Å². The van der Waals surface area contributed by atoms with Gasteiger partial charge in [0.1, 0.15) is 0 Å². The molecule has 0 amide bonds. The lowest BCUT2D eigenvalue weighted by Crippen LogP contribution is -1.99. The lowest BCUT2D eigenvalue weighted by Gasteiger charge is -1.80. The molecule has 0 aliphatic heterocycles. The molecule has 0 rings (SSSR count). The highest BCUT2D eigenvalue weighted by Gasteiger charge is 1.68. The fraction of sp³-hybridized carbons (Fsp3) is 0.750. The van der Waals surface area contributed by atoms with E-state index in [4.69, 9.17) is 5.73 Å². The zero-order chi connectivity index (χ0) is 5.54. The molecule has 0 heterocycles. The molecule has 7 heavy (non-hydrogen) atoms. The van der Waals surface area contributed by atoms with Crippen molar-refractivity contribution in [2.24, 2.45) is 10.7 Å². The summed E-state index contributed by atoms with van der Waals surface area (Å²) in [5.74, 6) is 0.802. The van der Waals surface area contributed by atoms with E-state index in [1.54, 1.807) is 6.21 Å². The van der Waals surface area contributed by atoms with Crippen LogP contribution in [0.4, 0.5) is 0 Å². The summed E-state index contributed by atoms with van der Waals surface area (Å²) in [7, 11) is 0. The van der Waals surface area contributed by atoms with E-state index in [1.807, 2.05) is 0 Å². The molecule has 0 bridgehead atoms. The summed E-state index contributed by atoms with van der Waals surface area (Å²) >= 11 is 3.94. The van der Waals surface area contributed by atoms with Gasteiger partial charge in [-0.15, -0.1) is 0 Å². The molecule has 42 valence electrons. The van der Waals surface area contributed by atoms with Crippen molar-refractivity contribution in [3.8, 4) is 0 Å². The first-order chi connectivity index (χ1) is 3.41. The van der Waals surface area contributed by atoms with Crippen LogP contribution in [0.5, 0.6) is 0 Å². The fourth-order valence-corrected chi connectivity index (χ4v) is 0.339. The first kappa shape index (κ1) is 6.98. The van der Waals surface area contributed by atoms with Gasteiger partial charge in [0.05, 0.1) is 0 Å². The van der Waals surface area contributed by atoms with Crippen LogP contribution in [0.2, 0.25) is 0 Å². The summed E-state index contributed by atoms with van der Waals surface area (Å²) in [5, 5.41) is 0. The third-order valence-corrected chi connectivity index (χ3v) is 0.664. The SMILES string of the molecule is NCC=NCCS. The molecule has 0 aromatic carbocycles. The molecule has 0 aromatic heterocycles. The summed E-state index contributed by atoms with van der Waals surface area (Å²) < 4.78 is 0. The van der Waals surface area contributed by atoms with Crippen LogP contribution in [0.3, 0.4) is 0 Å². The third kappa shape index (κ3) is 5.98. The Kier molecular flexibility index (Phi) is 5.96. The second kappa shape index (κ2) is 5.98. The number of nitrogens with two attached hydrogens (primary N) is 1. The molecular weight excluding hydrogens is 108 g/mol. The molecule has 0 fully saturated rings. The van der Waals surface area contributed by atoms with E-state index in [0.717, 1.165) is 12.3 Å². The van der Waals surface area contributed by atoms with Crippen LogP contribution in [0.15, 0.2) is 4.99 Å². The minimum atomic E-state index is 0.535. The van der Waals surface area contributed by atoms with Gasteiger partial charge in [-0.2, -0.15) is 12.6 Å². The molecule has 0 aliphatic rings. The van der Waals surface area contributed by atoms with E-state index in [9.17, 15) is 0 Å². The standard InChI is InChI=1S/C4H10N2S/c5-1-2-6-3-4-7/h2,7H,1,3-5H2. The predicted octanol–water partition coefficient (Wildman–Crippen LogP) is -0.0543. The largest absolute Gasteiger partial charge is 0.326 e. The maximum absolute atomic E-state index is 5.10. The first-order valence-electron chi connectivity index (χ1n) is 2.21. The molecule has 0 saturated heterocycles. The van der Waals surface area contributed by atoms with Crippen molar-refractivity contribution in [1.82, 2.24) is 0 Å². The highest BCUT2D eigenvalue weighted by Crippen LogP contribution is 1.71. The van der Waals surface area contributed by atoms with Gasteiger partial charge in [0.15, 0.2) is 0 Å². The second-order valence-corrected chi connectivity index (χ2v) is 1.50. The Morgan fingerprint density at radius 1 is 1.71 bits per heavy atom. The molecule has 2 nitrogen and oxygen atoms in total. The van der Waals surface area contributed by atoms with Crippen LogP contribution in [-0.2, 0) is 0 Å². The summed E-state index contributed by atoms with van der Waals surface area (Å²) in [6, 6.07) is 0. The van der Waals surface area contributed by atoms with E-state index in [2.05, 4.69) is 17.6 Å². The van der Waals surface area contributed by atoms with Gasteiger partial charge >= 0.3 is 0 Å². The first-order valence-corrected chi connectivity index (χ1v) is 2.84. The number of hydrogen-bond acceptors (Lipinski definition) is 3. The van der Waals surface area contributed by atoms with Gasteiger partial charge in [-0.1, -0.05) is 0 Å². The van der Waals surface area contributed by atoms with Crippen molar-refractivity contribution in [2.45, 2.75) is 0 Å². The molecule has 3 heteroatoms. The molecule has 0 radical (unpaired) electrons. The number of thiol groups is 1. The maximum Gasteiger partial charge on any atom is 0.0474 e. The number of aliphatic imine (C=N–C) groups is 1. The summed E-state index contributed by atoms with van der Waals surface area (Å²) in [4.78, 5) is 3.88. The number of rotatable bonds is 3. The van der Waals surface area contributed by atoms with Crippen LogP contribution in [0.1, 0.15) is 0 Å². The van der Waals surface area contributed by atoms with Gasteiger partial charge in [0, 0.05) is 25.1 Å². The van der Waals surface area contributed by atoms with Crippen molar-refractivity contribution in [3.63, 3.8) is 0 Å². The van der Waals surface area contributed by atoms with E-state index in [0.29, 0.717) is 6.54 Å². The molecule has 2 N–H and O–H groups in total. The lowest BCUT2D eigenvalue weighted by atomic mass is 10.7. The fourth-order valence-electron chi connectivity index (χ4n) is 0.224. The van der Waals surface area contributed by atoms with Crippen molar-refractivity contribution >= 4 is 18.8 Å². The Bertz CT molecular complexity index is 53.7. The van der Waals surface area contributed by atoms with E-state index in [-0.39, 0.29) is 0 Å². The van der Waals surface area contributed by atoms with Gasteiger partial charge in [0.2, 0.25) is 0 Å². The highest BCUT2D eigenvalue weighted by molar-refractivity contribution is 7.80. The van der Waals surface area contributed by atoms with Crippen LogP contribution in [0.25, 0.3) is 0 Å². The Labute approximate surface area is 49.2 Å². The molecule has 0 atom stereocenters. The Morgan fingerprint density at radius 3 is 2.86 bits per heavy atom. The quantitative estimate of drug-likeness (QED) is 0.395. The lowest BCUT2D eigenvalue weighted by molar-refractivity contribution is 1.14. The Morgan fingerprint density at radius 2 is 2.43 bits per heavy atom. The maximum atomic E-state index is 5.10. The van der Waals surface area contributed by atoms with Gasteiger partial charge in [-0.25, -0.2) is 0 Å². The van der Waals surface area contributed by atoms with Crippen LogP contribution in [0, 0.1) is 0 Å². The van der Waals surface area contributed by atoms with Crippen molar-refractivity contribution in [1.29, 1.82) is 0 Å². The molecule has 0 saturated carbocycles. The van der Waals surface area contributed by atoms with Crippen molar-refractivity contribution in [3.05, 3.63) is 0 Å². The van der Waals surface area contributed by atoms with Crippen LogP contribution >= 0.6 is 12.6 Å². The zero-order valence-electron chi connectivity index (χ0n) is 4.17. The van der Waals surface area contributed by atoms with E-state index < -0.39 is 0 Å². The third-order valence-electron chi connectivity index (χ3n) is 0.464. The van der Waals surface area contributed by atoms with E-state index in [1.165, 1.54) is 0 Å². The monoisotopic (exact) mass is 118 g/mol. The second-order valence-electron chi connectivity index (χ2n) is 1.05. The van der Waals surface area contributed by atoms with Crippen LogP contribution < -0.4 is 5.73 Å². The summed E-state index contributed by atoms with van der Waals surface area (Å²) in [6.45, 7) is 1.31. The molecule has 0 spiro atoms. The average molecular weight is 118 g/mol. The molecular formula is C4H10N2S. The molecule has 0 unspecified atom stereocenters. The van der Waals surface area contributed by atoms with Crippen LogP contribution in [-0.4, -0.2) is 25.1 Å². The minimum Gasteiger partial charge on any atom is -0.326 e. The van der Waals surface area contributed by atoms with Crippen molar-refractivity contribution < 1.29 is 0 Å². The predicted molar refractivity (Wildman–Crippen MR) is 36.3 cm³/mol. The molecule has 0 aliphatic carbocycles. The Hall–Kier alpha value is -0.0200. The smallest absolute Gasteiger partial charge is 0.0474 e. The Balaban J connectivity index is 2.78. The van der Waals surface area contributed by atoms with Gasteiger partial charge in [0.25, 0.3) is 0 Å². The van der Waals surface area contributed by atoms with Crippen molar-refractivity contribution in [2.75, 3.05) is 18.8 Å². The number of hydrogen-bond donors (Lipinski definition) is 2. The molecule has 0 aromatic rings. The highest BCUT2D eigenvalue weighted by atomic mass is 32.1. The normalized spacial score (nSPS) is 10.6. The minimum absolute atomic E-state index is 0.535.